The lowest BCUT2D eigenvalue weighted by Crippen LogP contribution is -2.39. The molecule has 0 saturated carbocycles. The Morgan fingerprint density at radius 2 is 1.83 bits per heavy atom. The van der Waals surface area contributed by atoms with E-state index in [1.165, 1.54) is 6.07 Å². The lowest BCUT2D eigenvalue weighted by Gasteiger charge is -2.17. The van der Waals surface area contributed by atoms with Gasteiger partial charge in [0.15, 0.2) is 0 Å². The number of benzene rings is 1. The smallest absolute Gasteiger partial charge is 0.122 e. The Labute approximate surface area is 81.9 Å². The van der Waals surface area contributed by atoms with Crippen molar-refractivity contribution in [2.24, 2.45) is 0 Å². The minimum Gasteiger partial charge on any atom is -0.207 e. The normalized spacial score (nSPS) is 11.8. The van der Waals surface area contributed by atoms with Crippen molar-refractivity contribution in [1.82, 2.24) is 0 Å². The Balaban J connectivity index is 3.23. The third-order valence-corrected chi connectivity index (χ3v) is 4.23. The van der Waals surface area contributed by atoms with Gasteiger partial charge in [-0.2, -0.15) is 0 Å². The van der Waals surface area contributed by atoms with E-state index in [4.69, 9.17) is 0 Å². The molecule has 0 nitrogen and oxygen atoms in total. The van der Waals surface area contributed by atoms with Crippen molar-refractivity contribution >= 4 is 29.2 Å². The summed E-state index contributed by atoms with van der Waals surface area (Å²) in [5, 5.41) is 0.886. The Bertz CT molecular complexity index is 291. The summed E-state index contributed by atoms with van der Waals surface area (Å²) in [7, 11) is -1.51. The fourth-order valence-electron chi connectivity index (χ4n) is 1.07. The third kappa shape index (κ3) is 2.17. The number of rotatable bonds is 1. The molecule has 0 N–H and O–H groups in total. The van der Waals surface area contributed by atoms with E-state index in [0.29, 0.717) is 0 Å². The highest BCUT2D eigenvalue weighted by molar-refractivity contribution is 9.10. The lowest BCUT2D eigenvalue weighted by atomic mass is 10.3. The van der Waals surface area contributed by atoms with Gasteiger partial charge < -0.3 is 0 Å². The minimum atomic E-state index is -1.51. The molecule has 12 heavy (non-hydrogen) atoms. The molecule has 1 aromatic carbocycles. The number of halogens is 2. The largest absolute Gasteiger partial charge is 0.207 e. The average Bonchev–Trinajstić information content (AvgIpc) is 1.92. The molecule has 0 bridgehead atoms. The average molecular weight is 247 g/mol. The van der Waals surface area contributed by atoms with Crippen LogP contribution in [0.2, 0.25) is 19.6 Å². The molecule has 0 atom stereocenters. The van der Waals surface area contributed by atoms with Gasteiger partial charge in [-0.3, -0.25) is 0 Å². The van der Waals surface area contributed by atoms with Gasteiger partial charge in [-0.15, -0.1) is 0 Å². The van der Waals surface area contributed by atoms with Crippen LogP contribution in [0.3, 0.4) is 0 Å². The van der Waals surface area contributed by atoms with Crippen LogP contribution < -0.4 is 5.19 Å². The third-order valence-electron chi connectivity index (χ3n) is 1.74. The molecule has 0 aromatic heterocycles. The molecule has 0 fully saturated rings. The van der Waals surface area contributed by atoms with E-state index < -0.39 is 8.07 Å². The van der Waals surface area contributed by atoms with E-state index in [0.717, 1.165) is 9.66 Å². The molecule has 0 aliphatic rings. The SMILES string of the molecule is C[Si](C)(C)c1cc(Br)ccc1F. The van der Waals surface area contributed by atoms with Crippen molar-refractivity contribution in [2.45, 2.75) is 19.6 Å². The maximum Gasteiger partial charge on any atom is 0.122 e. The van der Waals surface area contributed by atoms with Crippen molar-refractivity contribution in [3.8, 4) is 0 Å². The number of hydrogen-bond acceptors (Lipinski definition) is 0. The molecule has 0 heterocycles. The summed E-state index contributed by atoms with van der Waals surface area (Å²) < 4.78 is 14.2. The molecule has 0 radical (unpaired) electrons. The molecule has 0 aliphatic heterocycles. The zero-order valence-electron chi connectivity index (χ0n) is 7.49. The summed E-state index contributed by atoms with van der Waals surface area (Å²) in [4.78, 5) is 0. The Hall–Kier alpha value is -0.153. The molecule has 0 amide bonds. The van der Waals surface area contributed by atoms with Gasteiger partial charge in [0.1, 0.15) is 5.82 Å². The molecule has 0 spiro atoms. The van der Waals surface area contributed by atoms with E-state index in [1.54, 1.807) is 6.07 Å². The van der Waals surface area contributed by atoms with Crippen LogP contribution in [0.1, 0.15) is 0 Å². The summed E-state index contributed by atoms with van der Waals surface area (Å²) in [6, 6.07) is 5.15. The molecular formula is C9H12BrFSi. The summed E-state index contributed by atoms with van der Waals surface area (Å²) in [6.45, 7) is 6.41. The first-order valence-corrected chi connectivity index (χ1v) is 8.16. The van der Waals surface area contributed by atoms with Gasteiger partial charge in [0, 0.05) is 4.47 Å². The highest BCUT2D eigenvalue weighted by atomic mass is 79.9. The van der Waals surface area contributed by atoms with Crippen LogP contribution in [0.25, 0.3) is 0 Å². The standard InChI is InChI=1S/C9H12BrFSi/c1-12(2,3)9-6-7(10)4-5-8(9)11/h4-6H,1-3H3. The van der Waals surface area contributed by atoms with Crippen LogP contribution in [-0.2, 0) is 0 Å². The second kappa shape index (κ2) is 3.30. The number of hydrogen-bond donors (Lipinski definition) is 0. The van der Waals surface area contributed by atoms with E-state index >= 15 is 0 Å². The van der Waals surface area contributed by atoms with Crippen LogP contribution in [0.4, 0.5) is 4.39 Å². The van der Waals surface area contributed by atoms with Crippen molar-refractivity contribution < 1.29 is 4.39 Å². The topological polar surface area (TPSA) is 0 Å². The highest BCUT2D eigenvalue weighted by Gasteiger charge is 2.20. The second-order valence-electron chi connectivity index (χ2n) is 3.87. The molecule has 66 valence electrons. The van der Waals surface area contributed by atoms with Crippen molar-refractivity contribution in [2.75, 3.05) is 0 Å². The quantitative estimate of drug-likeness (QED) is 0.669. The zero-order chi connectivity index (χ0) is 9.35. The Morgan fingerprint density at radius 3 is 2.25 bits per heavy atom. The monoisotopic (exact) mass is 246 g/mol. The first-order valence-electron chi connectivity index (χ1n) is 3.87. The molecular weight excluding hydrogens is 235 g/mol. The van der Waals surface area contributed by atoms with E-state index in [-0.39, 0.29) is 5.82 Å². The maximum absolute atomic E-state index is 13.3. The Kier molecular flexibility index (Phi) is 2.73. The van der Waals surface area contributed by atoms with Gasteiger partial charge >= 0.3 is 0 Å². The predicted molar refractivity (Wildman–Crippen MR) is 57.1 cm³/mol. The molecule has 0 unspecified atom stereocenters. The van der Waals surface area contributed by atoms with Gasteiger partial charge in [0.05, 0.1) is 8.07 Å². The van der Waals surface area contributed by atoms with Gasteiger partial charge in [-0.05, 0) is 23.4 Å². The van der Waals surface area contributed by atoms with Gasteiger partial charge in [0.2, 0.25) is 0 Å². The van der Waals surface area contributed by atoms with E-state index in [2.05, 4.69) is 35.6 Å². The van der Waals surface area contributed by atoms with Crippen LogP contribution in [0.15, 0.2) is 22.7 Å². The first kappa shape index (κ1) is 9.93. The summed E-state index contributed by atoms with van der Waals surface area (Å²) in [5.74, 6) is -0.0719. The second-order valence-corrected chi connectivity index (χ2v) is 9.83. The fourth-order valence-corrected chi connectivity index (χ4v) is 3.03. The lowest BCUT2D eigenvalue weighted by molar-refractivity contribution is 0.635. The molecule has 1 aromatic rings. The van der Waals surface area contributed by atoms with Crippen molar-refractivity contribution in [3.05, 3.63) is 28.5 Å². The van der Waals surface area contributed by atoms with E-state index in [1.807, 2.05) is 6.07 Å². The van der Waals surface area contributed by atoms with E-state index in [9.17, 15) is 4.39 Å². The molecule has 1 rings (SSSR count). The van der Waals surface area contributed by atoms with Gasteiger partial charge in [0.25, 0.3) is 0 Å². The van der Waals surface area contributed by atoms with Crippen LogP contribution in [0.5, 0.6) is 0 Å². The maximum atomic E-state index is 13.3. The fraction of sp³-hybridized carbons (Fsp3) is 0.333. The summed E-state index contributed by atoms with van der Waals surface area (Å²) in [5.41, 5.74) is 0. The van der Waals surface area contributed by atoms with Gasteiger partial charge in [-0.1, -0.05) is 35.6 Å². The van der Waals surface area contributed by atoms with Gasteiger partial charge in [-0.25, -0.2) is 4.39 Å². The van der Waals surface area contributed by atoms with Crippen LogP contribution in [-0.4, -0.2) is 8.07 Å². The molecule has 3 heteroatoms. The van der Waals surface area contributed by atoms with Crippen LogP contribution >= 0.6 is 15.9 Å². The summed E-state index contributed by atoms with van der Waals surface area (Å²) >= 11 is 3.34. The summed E-state index contributed by atoms with van der Waals surface area (Å²) in [6.07, 6.45) is 0. The first-order chi connectivity index (χ1) is 5.41. The highest BCUT2D eigenvalue weighted by Crippen LogP contribution is 2.12. The zero-order valence-corrected chi connectivity index (χ0v) is 10.1. The van der Waals surface area contributed by atoms with Crippen molar-refractivity contribution in [1.29, 1.82) is 0 Å². The van der Waals surface area contributed by atoms with Crippen molar-refractivity contribution in [3.63, 3.8) is 0 Å². The Morgan fingerprint density at radius 1 is 1.25 bits per heavy atom. The predicted octanol–water partition coefficient (Wildman–Crippen LogP) is 3.13. The molecule has 0 aliphatic carbocycles. The molecule has 0 saturated heterocycles. The van der Waals surface area contributed by atoms with Crippen LogP contribution in [0, 0.1) is 5.82 Å². The minimum absolute atomic E-state index is 0.0719.